The third-order valence-electron chi connectivity index (χ3n) is 7.91. The molecule has 3 aromatic rings. The van der Waals surface area contributed by atoms with E-state index in [2.05, 4.69) is 47.6 Å². The highest BCUT2D eigenvalue weighted by Gasteiger charge is 2.43. The number of hydrogen-bond acceptors (Lipinski definition) is 11. The van der Waals surface area contributed by atoms with Crippen LogP contribution in [0, 0.1) is 22.7 Å². The molecule has 2 aromatic heterocycles. The van der Waals surface area contributed by atoms with Gasteiger partial charge in [-0.2, -0.15) is 20.0 Å². The lowest BCUT2D eigenvalue weighted by Crippen LogP contribution is -2.59. The summed E-state index contributed by atoms with van der Waals surface area (Å²) >= 11 is 6.88. The number of hydrogen-bond donors (Lipinski definition) is 3. The van der Waals surface area contributed by atoms with Crippen molar-refractivity contribution >= 4 is 46.5 Å². The summed E-state index contributed by atoms with van der Waals surface area (Å²) in [6.45, 7) is 2.53. The number of aromatic nitrogens is 4. The van der Waals surface area contributed by atoms with E-state index in [1.165, 1.54) is 15.6 Å². The molecular formula is C26H28ClN11O3. The number of carboxylic acid groups (broad SMARTS) is 1. The fraction of sp³-hybridized carbons (Fsp3) is 0.462. The van der Waals surface area contributed by atoms with Crippen molar-refractivity contribution in [1.82, 2.24) is 29.4 Å². The average molecular weight is 578 g/mol. The number of anilines is 4. The van der Waals surface area contributed by atoms with Crippen LogP contribution in [0.5, 0.6) is 0 Å². The molecule has 1 amide bonds. The van der Waals surface area contributed by atoms with Crippen molar-refractivity contribution in [2.45, 2.75) is 37.1 Å². The van der Waals surface area contributed by atoms with E-state index >= 15 is 0 Å². The molecule has 3 aliphatic rings. The number of methoxy groups -OCH3 is 1. The van der Waals surface area contributed by atoms with E-state index in [9.17, 15) is 20.4 Å². The number of nitrogens with zero attached hydrogens (tertiary/aromatic N) is 9. The Hall–Kier alpha value is -4.37. The second-order valence-corrected chi connectivity index (χ2v) is 10.9. The summed E-state index contributed by atoms with van der Waals surface area (Å²) in [5.41, 5.74) is 2.30. The van der Waals surface area contributed by atoms with Crippen LogP contribution in [0.25, 0.3) is 5.65 Å². The van der Waals surface area contributed by atoms with Crippen LogP contribution in [-0.2, 0) is 4.74 Å². The Morgan fingerprint density at radius 3 is 2.66 bits per heavy atom. The van der Waals surface area contributed by atoms with Gasteiger partial charge in [-0.3, -0.25) is 4.90 Å². The van der Waals surface area contributed by atoms with Crippen LogP contribution in [0.3, 0.4) is 0 Å². The van der Waals surface area contributed by atoms with Gasteiger partial charge in [0.05, 0.1) is 46.4 Å². The molecule has 2 atom stereocenters. The molecule has 41 heavy (non-hydrogen) atoms. The second-order valence-electron chi connectivity index (χ2n) is 10.5. The maximum absolute atomic E-state index is 11.5. The number of amides is 1. The third-order valence-corrected chi connectivity index (χ3v) is 8.31. The van der Waals surface area contributed by atoms with Crippen molar-refractivity contribution in [3.8, 4) is 12.1 Å². The Balaban J connectivity index is 1.23. The number of imidazole rings is 1. The van der Waals surface area contributed by atoms with E-state index in [0.29, 0.717) is 65.6 Å². The van der Waals surface area contributed by atoms with Gasteiger partial charge in [0.15, 0.2) is 17.2 Å². The Labute approximate surface area is 240 Å². The molecule has 15 heteroatoms. The van der Waals surface area contributed by atoms with Crippen LogP contribution in [-0.4, -0.2) is 105 Å². The molecule has 14 nitrogen and oxygen atoms in total. The Kier molecular flexibility index (Phi) is 6.91. The Bertz CT molecular complexity index is 1590. The average Bonchev–Trinajstić information content (AvgIpc) is 3.49. The lowest BCUT2D eigenvalue weighted by Gasteiger charge is -2.46. The quantitative estimate of drug-likeness (QED) is 0.357. The fourth-order valence-corrected chi connectivity index (χ4v) is 5.63. The topological polar surface area (TPSA) is 171 Å². The minimum atomic E-state index is -0.982. The molecule has 6 rings (SSSR count). The minimum absolute atomic E-state index is 0.186. The van der Waals surface area contributed by atoms with Gasteiger partial charge in [-0.05, 0) is 25.0 Å². The SMILES string of the molecule is CO[C@@H]1CN(C2CN(c3cc(C#N)cc(Nc4nc(NC5CC5)c5ncc(C#N)n5n4)c3Cl)C2)C[C@@H]1N(C)C(=O)O. The van der Waals surface area contributed by atoms with E-state index in [-0.39, 0.29) is 29.8 Å². The van der Waals surface area contributed by atoms with Crippen molar-refractivity contribution in [2.24, 2.45) is 0 Å². The molecule has 3 N–H and O–H groups in total. The number of ether oxygens (including phenoxy) is 1. The fourth-order valence-electron chi connectivity index (χ4n) is 5.36. The molecule has 4 heterocycles. The number of rotatable bonds is 8. The maximum atomic E-state index is 11.5. The summed E-state index contributed by atoms with van der Waals surface area (Å²) < 4.78 is 7.01. The predicted molar refractivity (Wildman–Crippen MR) is 150 cm³/mol. The monoisotopic (exact) mass is 577 g/mol. The summed E-state index contributed by atoms with van der Waals surface area (Å²) in [5, 5.41) is 40.1. The van der Waals surface area contributed by atoms with Gasteiger partial charge in [0.2, 0.25) is 5.95 Å². The number of nitrogens with one attached hydrogen (secondary N) is 2. The van der Waals surface area contributed by atoms with Gasteiger partial charge in [0, 0.05) is 52.4 Å². The van der Waals surface area contributed by atoms with Gasteiger partial charge < -0.3 is 30.3 Å². The first-order valence-corrected chi connectivity index (χ1v) is 13.6. The second kappa shape index (κ2) is 10.6. The Morgan fingerprint density at radius 2 is 2.00 bits per heavy atom. The standard InChI is InChI=1S/C26H28ClN11O3/c1-35(26(39)40)20-12-36(13-21(20)41-2)17-10-37(11-17)19-6-14(7-28)5-18(22(19)27)32-25-33-23(31-15-3-4-15)24-30-9-16(8-29)38(24)34-25/h5-6,9,15,17,20-21H,3-4,10-13H2,1-2H3,(H,39,40)(H2,31,32,33,34)/t20-,21+/m0/s1. The van der Waals surface area contributed by atoms with Crippen molar-refractivity contribution < 1.29 is 14.6 Å². The normalized spacial score (nSPS) is 20.9. The molecule has 2 aliphatic heterocycles. The van der Waals surface area contributed by atoms with Gasteiger partial charge in [-0.15, -0.1) is 5.10 Å². The van der Waals surface area contributed by atoms with Crippen LogP contribution in [0.4, 0.5) is 27.9 Å². The predicted octanol–water partition coefficient (Wildman–Crippen LogP) is 2.34. The van der Waals surface area contributed by atoms with Gasteiger partial charge in [0.25, 0.3) is 0 Å². The van der Waals surface area contributed by atoms with Crippen molar-refractivity contribution in [2.75, 3.05) is 55.9 Å². The zero-order valence-corrected chi connectivity index (χ0v) is 23.2. The first-order valence-electron chi connectivity index (χ1n) is 13.2. The van der Waals surface area contributed by atoms with E-state index in [4.69, 9.17) is 16.3 Å². The molecule has 1 aromatic carbocycles. The summed E-state index contributed by atoms with van der Waals surface area (Å²) in [7, 11) is 3.17. The van der Waals surface area contributed by atoms with Crippen molar-refractivity contribution in [3.63, 3.8) is 0 Å². The lowest BCUT2D eigenvalue weighted by molar-refractivity contribution is 0.0512. The first-order chi connectivity index (χ1) is 19.8. The van der Waals surface area contributed by atoms with Crippen molar-refractivity contribution in [1.29, 1.82) is 10.5 Å². The van der Waals surface area contributed by atoms with Gasteiger partial charge >= 0.3 is 6.09 Å². The molecule has 0 spiro atoms. The number of likely N-dealkylation sites (N-methyl/N-ethyl adjacent to an activating group) is 1. The van der Waals surface area contributed by atoms with Gasteiger partial charge in [-0.1, -0.05) is 11.6 Å². The molecule has 1 aliphatic carbocycles. The van der Waals surface area contributed by atoms with E-state index < -0.39 is 6.09 Å². The lowest BCUT2D eigenvalue weighted by atomic mass is 10.0. The van der Waals surface area contributed by atoms with Gasteiger partial charge in [0.1, 0.15) is 6.07 Å². The molecule has 0 unspecified atom stereocenters. The number of fused-ring (bicyclic) bond motifs is 1. The molecule has 212 valence electrons. The number of halogens is 1. The van der Waals surface area contributed by atoms with Crippen LogP contribution in [0.15, 0.2) is 18.3 Å². The van der Waals surface area contributed by atoms with E-state index in [1.54, 1.807) is 26.3 Å². The summed E-state index contributed by atoms with van der Waals surface area (Å²) in [5.74, 6) is 0.715. The van der Waals surface area contributed by atoms with Crippen LogP contribution in [0.2, 0.25) is 5.02 Å². The summed E-state index contributed by atoms with van der Waals surface area (Å²) in [6, 6.07) is 7.91. The smallest absolute Gasteiger partial charge is 0.407 e. The summed E-state index contributed by atoms with van der Waals surface area (Å²) in [4.78, 5) is 26.1. The third kappa shape index (κ3) is 5.02. The molecule has 2 saturated heterocycles. The number of nitriles is 2. The molecule has 3 fully saturated rings. The van der Waals surface area contributed by atoms with Crippen LogP contribution >= 0.6 is 11.6 Å². The maximum Gasteiger partial charge on any atom is 0.407 e. The minimum Gasteiger partial charge on any atom is -0.465 e. The van der Waals surface area contributed by atoms with Crippen molar-refractivity contribution in [3.05, 3.63) is 34.6 Å². The zero-order valence-electron chi connectivity index (χ0n) is 22.5. The molecular weight excluding hydrogens is 550 g/mol. The highest BCUT2D eigenvalue weighted by atomic mass is 35.5. The largest absolute Gasteiger partial charge is 0.465 e. The number of carbonyl (C=O) groups is 1. The van der Waals surface area contributed by atoms with Crippen LogP contribution < -0.4 is 15.5 Å². The van der Waals surface area contributed by atoms with E-state index in [0.717, 1.165) is 12.8 Å². The Morgan fingerprint density at radius 1 is 1.22 bits per heavy atom. The highest BCUT2D eigenvalue weighted by Crippen LogP contribution is 2.39. The highest BCUT2D eigenvalue weighted by molar-refractivity contribution is 6.36. The van der Waals surface area contributed by atoms with Crippen LogP contribution in [0.1, 0.15) is 24.1 Å². The first kappa shape index (κ1) is 26.8. The molecule has 1 saturated carbocycles. The molecule has 0 bridgehead atoms. The summed E-state index contributed by atoms with van der Waals surface area (Å²) in [6.07, 6.45) is 2.32. The number of likely N-dealkylation sites (tertiary alicyclic amines) is 1. The number of benzene rings is 1. The van der Waals surface area contributed by atoms with Gasteiger partial charge in [-0.25, -0.2) is 9.78 Å². The molecule has 0 radical (unpaired) electrons. The zero-order chi connectivity index (χ0) is 28.8. The van der Waals surface area contributed by atoms with E-state index in [1.807, 2.05) is 0 Å².